The van der Waals surface area contributed by atoms with Gasteiger partial charge >= 0.3 is 0 Å². The highest BCUT2D eigenvalue weighted by molar-refractivity contribution is 5.82. The molecule has 0 spiro atoms. The Morgan fingerprint density at radius 3 is 1.05 bits per heavy atom. The number of nitrogens with zero attached hydrogens (tertiary/aromatic N) is 2. The maximum Gasteiger partial charge on any atom is 0.214 e. The number of amides is 2. The zero-order valence-corrected chi connectivity index (χ0v) is 31.9. The lowest BCUT2D eigenvalue weighted by atomic mass is 10.0. The molecular weight excluding hydrogens is 701 g/mol. The Kier molecular flexibility index (Phi) is 14.3. The fourth-order valence-corrected chi connectivity index (χ4v) is 5.20. The Morgan fingerprint density at radius 2 is 0.750 bits per heavy atom. The SMILES string of the molecule is CC(N)=O.CC(N)=O.Cc1ccc2nc(-c3ccc(-c4nc5ccc(C)cc5[nH]4)cc3)[nH]c2c1.Nc1ccc(-c2ccc(N)c(N)c2)cc1N.c1ccccc1. The Bertz CT molecular complexity index is 2330. The van der Waals surface area contributed by atoms with Gasteiger partial charge in [0.25, 0.3) is 0 Å². The zero-order valence-electron chi connectivity index (χ0n) is 31.9. The van der Waals surface area contributed by atoms with Crippen LogP contribution in [0.3, 0.4) is 0 Å². The monoisotopic (exact) mass is 748 g/mol. The van der Waals surface area contributed by atoms with E-state index in [0.29, 0.717) is 22.7 Å². The highest BCUT2D eigenvalue weighted by Crippen LogP contribution is 2.29. The number of anilines is 4. The van der Waals surface area contributed by atoms with Crippen molar-refractivity contribution in [1.29, 1.82) is 0 Å². The van der Waals surface area contributed by atoms with E-state index in [1.165, 1.54) is 25.0 Å². The number of nitrogens with two attached hydrogens (primary N) is 6. The van der Waals surface area contributed by atoms with E-state index in [1.54, 1.807) is 12.1 Å². The van der Waals surface area contributed by atoms with Gasteiger partial charge in [-0.05, 0) is 84.6 Å². The lowest BCUT2D eigenvalue weighted by Gasteiger charge is -2.07. The maximum atomic E-state index is 9.22. The molecule has 6 aromatic carbocycles. The third kappa shape index (κ3) is 12.2. The molecule has 0 bridgehead atoms. The number of aromatic nitrogens is 4. The molecule has 0 fully saturated rings. The molecule has 2 amide bonds. The number of aryl methyl sites for hydroxylation is 2. The molecule has 2 aromatic heterocycles. The molecule has 0 radical (unpaired) electrons. The summed E-state index contributed by atoms with van der Waals surface area (Å²) in [6, 6.07) is 43.8. The second-order valence-corrected chi connectivity index (χ2v) is 12.9. The Balaban J connectivity index is 0.000000196. The Labute approximate surface area is 326 Å². The number of nitrogen functional groups attached to an aromatic ring is 4. The highest BCUT2D eigenvalue weighted by atomic mass is 16.1. The summed E-state index contributed by atoms with van der Waals surface area (Å²) < 4.78 is 0. The summed E-state index contributed by atoms with van der Waals surface area (Å²) in [4.78, 5) is 34.6. The van der Waals surface area contributed by atoms with Crippen molar-refractivity contribution in [2.75, 3.05) is 22.9 Å². The second kappa shape index (κ2) is 19.5. The molecule has 14 N–H and O–H groups in total. The van der Waals surface area contributed by atoms with Gasteiger partial charge in [0.1, 0.15) is 11.6 Å². The largest absolute Gasteiger partial charge is 0.397 e. The van der Waals surface area contributed by atoms with E-state index in [-0.39, 0.29) is 11.8 Å². The zero-order chi connectivity index (χ0) is 40.8. The number of fused-ring (bicyclic) bond motifs is 2. The summed E-state index contributed by atoms with van der Waals surface area (Å²) in [6.45, 7) is 6.78. The van der Waals surface area contributed by atoms with Crippen LogP contribution >= 0.6 is 0 Å². The normalized spacial score (nSPS) is 10.0. The van der Waals surface area contributed by atoms with Crippen molar-refractivity contribution in [2.45, 2.75) is 27.7 Å². The maximum absolute atomic E-state index is 9.22. The van der Waals surface area contributed by atoms with Crippen LogP contribution in [0.1, 0.15) is 25.0 Å². The standard InChI is InChI=1S/C22H18N4.C12H14N4.C6H6.2C2H5NO/c1-13-3-9-17-19(11-13)25-21(23-17)15-5-7-16(8-6-15)22-24-18-10-4-14(2)12-20(18)26-22;13-9-3-1-7(5-11(9)15)8-2-4-10(14)12(16)6-8;1-2-4-6-5-3-1;2*1-2(3)4/h3-12H,1-2H3,(H,23,25)(H,24,26);1-6H,13-16H2;1-6H;2*1H3,(H2,3,4). The van der Waals surface area contributed by atoms with Crippen LogP contribution in [0.25, 0.3) is 56.0 Å². The Hall–Kier alpha value is -7.60. The molecular formula is C44H48N10O2. The topological polar surface area (TPSA) is 248 Å². The van der Waals surface area contributed by atoms with E-state index in [2.05, 4.69) is 95.9 Å². The van der Waals surface area contributed by atoms with Gasteiger partial charge in [0.2, 0.25) is 11.8 Å². The lowest BCUT2D eigenvalue weighted by Crippen LogP contribution is -2.01. The van der Waals surface area contributed by atoms with Gasteiger partial charge in [-0.2, -0.15) is 0 Å². The molecule has 8 aromatic rings. The summed E-state index contributed by atoms with van der Waals surface area (Å²) in [6.07, 6.45) is 0. The van der Waals surface area contributed by atoms with Crippen molar-refractivity contribution < 1.29 is 9.59 Å². The van der Waals surface area contributed by atoms with Crippen molar-refractivity contribution >= 4 is 56.6 Å². The number of aromatic amines is 2. The van der Waals surface area contributed by atoms with Crippen LogP contribution in [-0.4, -0.2) is 31.8 Å². The van der Waals surface area contributed by atoms with Gasteiger partial charge in [-0.1, -0.05) is 84.9 Å². The summed E-state index contributed by atoms with van der Waals surface area (Å²) in [5.41, 5.74) is 44.6. The van der Waals surface area contributed by atoms with E-state index >= 15 is 0 Å². The van der Waals surface area contributed by atoms with Gasteiger partial charge < -0.3 is 44.4 Å². The van der Waals surface area contributed by atoms with Gasteiger partial charge in [0.05, 0.1) is 44.8 Å². The van der Waals surface area contributed by atoms with E-state index in [9.17, 15) is 9.59 Å². The smallest absolute Gasteiger partial charge is 0.214 e. The summed E-state index contributed by atoms with van der Waals surface area (Å²) in [7, 11) is 0. The third-order valence-electron chi connectivity index (χ3n) is 7.88. The molecule has 0 saturated carbocycles. The van der Waals surface area contributed by atoms with E-state index < -0.39 is 0 Å². The van der Waals surface area contributed by atoms with Crippen molar-refractivity contribution in [3.63, 3.8) is 0 Å². The molecule has 0 aliphatic heterocycles. The van der Waals surface area contributed by atoms with E-state index in [1.807, 2.05) is 60.7 Å². The number of imidazole rings is 2. The molecule has 286 valence electrons. The lowest BCUT2D eigenvalue weighted by molar-refractivity contribution is -0.116. The predicted octanol–water partition coefficient (Wildman–Crippen LogP) is 7.74. The minimum atomic E-state index is -0.333. The summed E-state index contributed by atoms with van der Waals surface area (Å²) in [5, 5.41) is 0. The van der Waals surface area contributed by atoms with Crippen molar-refractivity contribution in [2.24, 2.45) is 11.5 Å². The van der Waals surface area contributed by atoms with Crippen LogP contribution in [0.5, 0.6) is 0 Å². The fourth-order valence-electron chi connectivity index (χ4n) is 5.20. The van der Waals surface area contributed by atoms with Crippen LogP contribution in [0.2, 0.25) is 0 Å². The van der Waals surface area contributed by atoms with Crippen LogP contribution in [0.4, 0.5) is 22.7 Å². The molecule has 0 saturated heterocycles. The van der Waals surface area contributed by atoms with Gasteiger partial charge in [-0.3, -0.25) is 9.59 Å². The number of hydrogen-bond donors (Lipinski definition) is 8. The van der Waals surface area contributed by atoms with Gasteiger partial charge in [0.15, 0.2) is 0 Å². The molecule has 0 aliphatic carbocycles. The molecule has 12 heteroatoms. The van der Waals surface area contributed by atoms with Crippen LogP contribution in [0, 0.1) is 13.8 Å². The number of carbonyl (C=O) groups is 2. The first-order valence-electron chi connectivity index (χ1n) is 17.6. The minimum absolute atomic E-state index is 0.333. The van der Waals surface area contributed by atoms with Crippen LogP contribution in [-0.2, 0) is 9.59 Å². The quantitative estimate of drug-likeness (QED) is 0.0828. The second-order valence-electron chi connectivity index (χ2n) is 12.9. The molecule has 0 unspecified atom stereocenters. The number of primary amides is 2. The van der Waals surface area contributed by atoms with Gasteiger partial charge in [0, 0.05) is 25.0 Å². The van der Waals surface area contributed by atoms with Crippen molar-refractivity contribution in [1.82, 2.24) is 19.9 Å². The van der Waals surface area contributed by atoms with Gasteiger partial charge in [-0.15, -0.1) is 0 Å². The van der Waals surface area contributed by atoms with Crippen molar-refractivity contribution in [3.8, 4) is 33.9 Å². The fraction of sp³-hybridized carbons (Fsp3) is 0.0909. The molecule has 8 rings (SSSR count). The number of H-pyrrole nitrogens is 2. The average Bonchev–Trinajstić information content (AvgIpc) is 3.79. The number of rotatable bonds is 3. The number of nitrogens with one attached hydrogen (secondary N) is 2. The molecule has 0 atom stereocenters. The molecule has 0 aliphatic rings. The summed E-state index contributed by atoms with van der Waals surface area (Å²) >= 11 is 0. The minimum Gasteiger partial charge on any atom is -0.397 e. The van der Waals surface area contributed by atoms with E-state index in [0.717, 1.165) is 56.0 Å². The van der Waals surface area contributed by atoms with Crippen molar-refractivity contribution in [3.05, 3.63) is 145 Å². The van der Waals surface area contributed by atoms with Crippen LogP contribution < -0.4 is 34.4 Å². The number of carbonyl (C=O) groups excluding carboxylic acids is 2. The van der Waals surface area contributed by atoms with Gasteiger partial charge in [-0.25, -0.2) is 9.97 Å². The summed E-state index contributed by atoms with van der Waals surface area (Å²) in [5.74, 6) is 1.11. The molecule has 56 heavy (non-hydrogen) atoms. The predicted molar refractivity (Wildman–Crippen MR) is 232 cm³/mol. The first kappa shape index (κ1) is 41.2. The van der Waals surface area contributed by atoms with E-state index in [4.69, 9.17) is 32.9 Å². The first-order chi connectivity index (χ1) is 26.7. The van der Waals surface area contributed by atoms with Crippen LogP contribution in [0.15, 0.2) is 133 Å². The first-order valence-corrected chi connectivity index (χ1v) is 17.6. The number of benzene rings is 6. The highest BCUT2D eigenvalue weighted by Gasteiger charge is 2.09. The molecule has 2 heterocycles. The Morgan fingerprint density at radius 1 is 0.446 bits per heavy atom. The average molecular weight is 749 g/mol. The number of hydrogen-bond acceptors (Lipinski definition) is 8. The molecule has 12 nitrogen and oxygen atoms in total. The third-order valence-corrected chi connectivity index (χ3v) is 7.88.